The molecule has 0 radical (unpaired) electrons. The molecule has 2 nitrogen and oxygen atoms in total. The predicted octanol–water partition coefficient (Wildman–Crippen LogP) is 8.06. The van der Waals surface area contributed by atoms with Gasteiger partial charge in [0.25, 0.3) is 0 Å². The van der Waals surface area contributed by atoms with Crippen LogP contribution in [0.5, 0.6) is 0 Å². The van der Waals surface area contributed by atoms with Gasteiger partial charge in [0.2, 0.25) is 0 Å². The van der Waals surface area contributed by atoms with Crippen LogP contribution in [-0.4, -0.2) is 12.6 Å². The smallest absolute Gasteiger partial charge is 0.305 e. The number of carbonyl (C=O) groups is 1. The SMILES string of the molecule is CCCCCCCCCCCCC(=O)OCC(CC)CC(C)c1ccccc1. The molecule has 28 heavy (non-hydrogen) atoms. The van der Waals surface area contributed by atoms with Crippen molar-refractivity contribution < 1.29 is 9.53 Å². The maximum absolute atomic E-state index is 12.0. The van der Waals surface area contributed by atoms with Crippen LogP contribution in [-0.2, 0) is 9.53 Å². The summed E-state index contributed by atoms with van der Waals surface area (Å²) in [5.74, 6) is 0.948. The molecule has 1 aromatic rings. The van der Waals surface area contributed by atoms with Gasteiger partial charge in [-0.25, -0.2) is 0 Å². The molecular weight excluding hydrogens is 344 g/mol. The molecule has 2 heteroatoms. The van der Waals surface area contributed by atoms with Crippen molar-refractivity contribution in [3.05, 3.63) is 35.9 Å². The number of hydrogen-bond donors (Lipinski definition) is 0. The zero-order valence-electron chi connectivity index (χ0n) is 18.8. The molecule has 0 aliphatic carbocycles. The molecule has 0 spiro atoms. The largest absolute Gasteiger partial charge is 0.465 e. The maximum atomic E-state index is 12.0. The molecule has 0 amide bonds. The van der Waals surface area contributed by atoms with Gasteiger partial charge in [0.05, 0.1) is 6.61 Å². The summed E-state index contributed by atoms with van der Waals surface area (Å²) in [6.45, 7) is 7.30. The first-order valence-electron chi connectivity index (χ1n) is 11.9. The molecule has 0 saturated carbocycles. The first-order valence-corrected chi connectivity index (χ1v) is 11.9. The average molecular weight is 389 g/mol. The summed E-state index contributed by atoms with van der Waals surface area (Å²) >= 11 is 0. The fourth-order valence-corrected chi connectivity index (χ4v) is 3.81. The topological polar surface area (TPSA) is 26.3 Å². The summed E-state index contributed by atoms with van der Waals surface area (Å²) < 4.78 is 5.58. The van der Waals surface area contributed by atoms with Crippen molar-refractivity contribution in [1.82, 2.24) is 0 Å². The summed E-state index contributed by atoms with van der Waals surface area (Å²) in [5, 5.41) is 0. The van der Waals surface area contributed by atoms with Gasteiger partial charge in [-0.15, -0.1) is 0 Å². The summed E-state index contributed by atoms with van der Waals surface area (Å²) in [7, 11) is 0. The quantitative estimate of drug-likeness (QED) is 0.199. The van der Waals surface area contributed by atoms with Crippen LogP contribution in [0.15, 0.2) is 30.3 Å². The van der Waals surface area contributed by atoms with Gasteiger partial charge in [-0.05, 0) is 30.2 Å². The van der Waals surface area contributed by atoms with Gasteiger partial charge in [0.15, 0.2) is 0 Å². The normalized spacial score (nSPS) is 13.2. The molecule has 0 aliphatic heterocycles. The summed E-state index contributed by atoms with van der Waals surface area (Å²) in [6, 6.07) is 10.6. The number of esters is 1. The molecule has 0 aliphatic rings. The lowest BCUT2D eigenvalue weighted by Crippen LogP contribution is -2.15. The van der Waals surface area contributed by atoms with Gasteiger partial charge in [-0.2, -0.15) is 0 Å². The zero-order chi connectivity index (χ0) is 20.5. The van der Waals surface area contributed by atoms with Crippen LogP contribution in [0.25, 0.3) is 0 Å². The second kappa shape index (κ2) is 16.6. The van der Waals surface area contributed by atoms with Gasteiger partial charge < -0.3 is 4.74 Å². The fourth-order valence-electron chi connectivity index (χ4n) is 3.81. The lowest BCUT2D eigenvalue weighted by Gasteiger charge is -2.20. The second-order valence-corrected chi connectivity index (χ2v) is 8.44. The van der Waals surface area contributed by atoms with Crippen LogP contribution in [0.4, 0.5) is 0 Å². The molecule has 0 aromatic heterocycles. The van der Waals surface area contributed by atoms with E-state index in [1.54, 1.807) is 0 Å². The van der Waals surface area contributed by atoms with Crippen LogP contribution >= 0.6 is 0 Å². The Bertz CT molecular complexity index is 482. The van der Waals surface area contributed by atoms with E-state index in [0.29, 0.717) is 24.9 Å². The van der Waals surface area contributed by atoms with Crippen LogP contribution in [0.3, 0.4) is 0 Å². The highest BCUT2D eigenvalue weighted by molar-refractivity contribution is 5.69. The van der Waals surface area contributed by atoms with E-state index in [4.69, 9.17) is 4.74 Å². The zero-order valence-corrected chi connectivity index (χ0v) is 18.8. The van der Waals surface area contributed by atoms with Crippen LogP contribution in [0, 0.1) is 5.92 Å². The highest BCUT2D eigenvalue weighted by atomic mass is 16.5. The second-order valence-electron chi connectivity index (χ2n) is 8.44. The molecule has 0 heterocycles. The average Bonchev–Trinajstić information content (AvgIpc) is 2.72. The number of unbranched alkanes of at least 4 members (excludes halogenated alkanes) is 9. The molecule has 2 unspecified atom stereocenters. The minimum atomic E-state index is -0.00891. The molecule has 160 valence electrons. The third-order valence-electron chi connectivity index (χ3n) is 5.85. The van der Waals surface area contributed by atoms with Crippen molar-refractivity contribution in [3.63, 3.8) is 0 Å². The first kappa shape index (κ1) is 24.7. The van der Waals surface area contributed by atoms with E-state index in [-0.39, 0.29) is 5.97 Å². The minimum Gasteiger partial charge on any atom is -0.465 e. The molecule has 2 atom stereocenters. The van der Waals surface area contributed by atoms with E-state index in [9.17, 15) is 4.79 Å². The van der Waals surface area contributed by atoms with Crippen LogP contribution < -0.4 is 0 Å². The highest BCUT2D eigenvalue weighted by Crippen LogP contribution is 2.25. The molecule has 1 aromatic carbocycles. The van der Waals surface area contributed by atoms with E-state index < -0.39 is 0 Å². The third kappa shape index (κ3) is 12.2. The maximum Gasteiger partial charge on any atom is 0.305 e. The Morgan fingerprint density at radius 2 is 1.43 bits per heavy atom. The van der Waals surface area contributed by atoms with Gasteiger partial charge in [0, 0.05) is 6.42 Å². The molecule has 0 saturated heterocycles. The van der Waals surface area contributed by atoms with Crippen molar-refractivity contribution in [2.24, 2.45) is 5.92 Å². The summed E-state index contributed by atoms with van der Waals surface area (Å²) in [6.07, 6.45) is 15.6. The van der Waals surface area contributed by atoms with Crippen LogP contribution in [0.2, 0.25) is 0 Å². The van der Waals surface area contributed by atoms with Gasteiger partial charge in [-0.1, -0.05) is 115 Å². The highest BCUT2D eigenvalue weighted by Gasteiger charge is 2.15. The van der Waals surface area contributed by atoms with E-state index in [2.05, 4.69) is 51.1 Å². The lowest BCUT2D eigenvalue weighted by atomic mass is 9.89. The molecule has 0 N–H and O–H groups in total. The summed E-state index contributed by atoms with van der Waals surface area (Å²) in [4.78, 5) is 12.0. The predicted molar refractivity (Wildman–Crippen MR) is 121 cm³/mol. The Balaban J connectivity index is 2.05. The van der Waals surface area contributed by atoms with Crippen molar-refractivity contribution in [1.29, 1.82) is 0 Å². The van der Waals surface area contributed by atoms with E-state index in [0.717, 1.165) is 25.7 Å². The third-order valence-corrected chi connectivity index (χ3v) is 5.85. The Morgan fingerprint density at radius 3 is 2.00 bits per heavy atom. The van der Waals surface area contributed by atoms with Gasteiger partial charge in [0.1, 0.15) is 0 Å². The summed E-state index contributed by atoms with van der Waals surface area (Å²) in [5.41, 5.74) is 1.37. The van der Waals surface area contributed by atoms with E-state index in [1.807, 2.05) is 0 Å². The number of carbonyl (C=O) groups excluding carboxylic acids is 1. The molecule has 1 rings (SSSR count). The standard InChI is InChI=1S/C26H44O2/c1-4-6-7-8-9-10-11-12-13-17-20-26(27)28-22-24(5-2)21-23(3)25-18-15-14-16-19-25/h14-16,18-19,23-24H,4-13,17,20-22H2,1-3H3. The van der Waals surface area contributed by atoms with Crippen LogP contribution in [0.1, 0.15) is 116 Å². The van der Waals surface area contributed by atoms with E-state index in [1.165, 1.54) is 56.9 Å². The monoisotopic (exact) mass is 388 g/mol. The van der Waals surface area contributed by atoms with Crippen molar-refractivity contribution >= 4 is 5.97 Å². The van der Waals surface area contributed by atoms with Crippen molar-refractivity contribution in [2.75, 3.05) is 6.61 Å². The Kier molecular flexibility index (Phi) is 14.7. The number of benzene rings is 1. The number of hydrogen-bond acceptors (Lipinski definition) is 2. The Labute approximate surface area is 174 Å². The Hall–Kier alpha value is -1.31. The van der Waals surface area contributed by atoms with Crippen molar-refractivity contribution in [3.8, 4) is 0 Å². The van der Waals surface area contributed by atoms with Gasteiger partial charge >= 0.3 is 5.97 Å². The lowest BCUT2D eigenvalue weighted by molar-refractivity contribution is -0.145. The first-order chi connectivity index (χ1) is 13.7. The minimum absolute atomic E-state index is 0.00891. The number of ether oxygens (including phenoxy) is 1. The molecule has 0 fully saturated rings. The van der Waals surface area contributed by atoms with E-state index >= 15 is 0 Å². The fraction of sp³-hybridized carbons (Fsp3) is 0.731. The number of rotatable bonds is 17. The van der Waals surface area contributed by atoms with Crippen molar-refractivity contribution in [2.45, 2.75) is 110 Å². The molecular formula is C26H44O2. The Morgan fingerprint density at radius 1 is 0.857 bits per heavy atom. The molecule has 0 bridgehead atoms. The van der Waals surface area contributed by atoms with Gasteiger partial charge in [-0.3, -0.25) is 4.79 Å².